The zero-order valence-corrected chi connectivity index (χ0v) is 11.9. The molecule has 3 nitrogen and oxygen atoms in total. The van der Waals surface area contributed by atoms with Gasteiger partial charge >= 0.3 is 0 Å². The van der Waals surface area contributed by atoms with Crippen LogP contribution in [-0.4, -0.2) is 16.0 Å². The van der Waals surface area contributed by atoms with Gasteiger partial charge in [0, 0.05) is 29.9 Å². The van der Waals surface area contributed by atoms with Gasteiger partial charge < -0.3 is 10.3 Å². The van der Waals surface area contributed by atoms with E-state index < -0.39 is 0 Å². The SMILES string of the molecule is CC(C)(c1ccc(F)cc1)c1ncc(CNC2CC2)[nH]1. The van der Waals surface area contributed by atoms with Crippen molar-refractivity contribution >= 4 is 0 Å². The number of nitrogens with one attached hydrogen (secondary N) is 2. The van der Waals surface area contributed by atoms with Crippen LogP contribution in [0, 0.1) is 5.82 Å². The fourth-order valence-corrected chi connectivity index (χ4v) is 2.31. The Labute approximate surface area is 118 Å². The zero-order chi connectivity index (χ0) is 14.2. The Morgan fingerprint density at radius 3 is 2.65 bits per heavy atom. The number of benzene rings is 1. The second-order valence-electron chi connectivity index (χ2n) is 6.04. The lowest BCUT2D eigenvalue weighted by molar-refractivity contribution is 0.586. The number of rotatable bonds is 5. The van der Waals surface area contributed by atoms with Crippen molar-refractivity contribution in [1.29, 1.82) is 0 Å². The van der Waals surface area contributed by atoms with Crippen molar-refractivity contribution < 1.29 is 4.39 Å². The second kappa shape index (κ2) is 5.02. The van der Waals surface area contributed by atoms with E-state index in [0.717, 1.165) is 23.6 Å². The Kier molecular flexibility index (Phi) is 3.34. The summed E-state index contributed by atoms with van der Waals surface area (Å²) >= 11 is 0. The van der Waals surface area contributed by atoms with Crippen molar-refractivity contribution in [3.05, 3.63) is 53.4 Å². The lowest BCUT2D eigenvalue weighted by Gasteiger charge is -2.22. The average molecular weight is 273 g/mol. The second-order valence-corrected chi connectivity index (χ2v) is 6.04. The molecule has 1 aliphatic carbocycles. The van der Waals surface area contributed by atoms with Gasteiger partial charge in [0.25, 0.3) is 0 Å². The summed E-state index contributed by atoms with van der Waals surface area (Å²) in [4.78, 5) is 7.88. The van der Waals surface area contributed by atoms with Gasteiger partial charge in [0.15, 0.2) is 0 Å². The first-order valence-electron chi connectivity index (χ1n) is 7.09. The van der Waals surface area contributed by atoms with Gasteiger partial charge in [-0.15, -0.1) is 0 Å². The van der Waals surface area contributed by atoms with Crippen LogP contribution in [-0.2, 0) is 12.0 Å². The van der Waals surface area contributed by atoms with Gasteiger partial charge in [-0.05, 0) is 44.4 Å². The third-order valence-electron chi connectivity index (χ3n) is 3.94. The van der Waals surface area contributed by atoms with E-state index in [-0.39, 0.29) is 11.2 Å². The smallest absolute Gasteiger partial charge is 0.123 e. The zero-order valence-electron chi connectivity index (χ0n) is 11.9. The normalized spacial score (nSPS) is 15.6. The van der Waals surface area contributed by atoms with Crippen molar-refractivity contribution in [2.24, 2.45) is 0 Å². The molecular formula is C16H20FN3. The van der Waals surface area contributed by atoms with Crippen molar-refractivity contribution in [2.45, 2.75) is 44.7 Å². The molecule has 106 valence electrons. The Balaban J connectivity index is 1.77. The maximum absolute atomic E-state index is 13.0. The van der Waals surface area contributed by atoms with Gasteiger partial charge in [-0.25, -0.2) is 9.37 Å². The molecule has 1 fully saturated rings. The molecule has 1 heterocycles. The number of nitrogens with zero attached hydrogens (tertiary/aromatic N) is 1. The quantitative estimate of drug-likeness (QED) is 0.878. The Morgan fingerprint density at radius 1 is 1.30 bits per heavy atom. The number of halogens is 1. The van der Waals surface area contributed by atoms with Crippen LogP contribution >= 0.6 is 0 Å². The predicted octanol–water partition coefficient (Wildman–Crippen LogP) is 3.13. The molecule has 0 aliphatic heterocycles. The van der Waals surface area contributed by atoms with E-state index in [9.17, 15) is 4.39 Å². The van der Waals surface area contributed by atoms with E-state index in [0.29, 0.717) is 6.04 Å². The van der Waals surface area contributed by atoms with E-state index in [1.54, 1.807) is 0 Å². The van der Waals surface area contributed by atoms with Crippen molar-refractivity contribution in [2.75, 3.05) is 0 Å². The number of aromatic nitrogens is 2. The first-order chi connectivity index (χ1) is 9.55. The maximum Gasteiger partial charge on any atom is 0.123 e. The number of hydrogen-bond acceptors (Lipinski definition) is 2. The van der Waals surface area contributed by atoms with Crippen LogP contribution in [0.25, 0.3) is 0 Å². The molecular weight excluding hydrogens is 253 g/mol. The minimum absolute atomic E-state index is 0.210. The van der Waals surface area contributed by atoms with Gasteiger partial charge in [-0.3, -0.25) is 0 Å². The van der Waals surface area contributed by atoms with E-state index in [4.69, 9.17) is 0 Å². The highest BCUT2D eigenvalue weighted by molar-refractivity contribution is 5.31. The van der Waals surface area contributed by atoms with Gasteiger partial charge in [0.1, 0.15) is 11.6 Å². The Morgan fingerprint density at radius 2 is 2.00 bits per heavy atom. The molecule has 0 bridgehead atoms. The maximum atomic E-state index is 13.0. The summed E-state index contributed by atoms with van der Waals surface area (Å²) < 4.78 is 13.0. The molecule has 0 amide bonds. The van der Waals surface area contributed by atoms with Crippen molar-refractivity contribution in [1.82, 2.24) is 15.3 Å². The first kappa shape index (κ1) is 13.3. The highest BCUT2D eigenvalue weighted by Gasteiger charge is 2.27. The van der Waals surface area contributed by atoms with E-state index in [2.05, 4.69) is 29.1 Å². The Hall–Kier alpha value is -1.68. The van der Waals surface area contributed by atoms with Gasteiger partial charge in [-0.2, -0.15) is 0 Å². The Bertz CT molecular complexity index is 582. The molecule has 4 heteroatoms. The molecule has 0 radical (unpaired) electrons. The van der Waals surface area contributed by atoms with Crippen molar-refractivity contribution in [3.8, 4) is 0 Å². The molecule has 1 aliphatic rings. The summed E-state index contributed by atoms with van der Waals surface area (Å²) in [5, 5.41) is 3.46. The molecule has 1 aromatic heterocycles. The van der Waals surface area contributed by atoms with Gasteiger partial charge in [0.05, 0.1) is 0 Å². The summed E-state index contributed by atoms with van der Waals surface area (Å²) in [5.74, 6) is 0.704. The van der Waals surface area contributed by atoms with Crippen LogP contribution in [0.4, 0.5) is 4.39 Å². The first-order valence-corrected chi connectivity index (χ1v) is 7.09. The third-order valence-corrected chi connectivity index (χ3v) is 3.94. The summed E-state index contributed by atoms with van der Waals surface area (Å²) in [6.07, 6.45) is 4.44. The monoisotopic (exact) mass is 273 g/mol. The number of aromatic amines is 1. The van der Waals surface area contributed by atoms with Crippen molar-refractivity contribution in [3.63, 3.8) is 0 Å². The third kappa shape index (κ3) is 2.75. The lowest BCUT2D eigenvalue weighted by Crippen LogP contribution is -2.21. The van der Waals surface area contributed by atoms with Crippen LogP contribution in [0.2, 0.25) is 0 Å². The minimum Gasteiger partial charge on any atom is -0.344 e. The molecule has 1 aromatic carbocycles. The molecule has 0 unspecified atom stereocenters. The van der Waals surface area contributed by atoms with Crippen LogP contribution in [0.5, 0.6) is 0 Å². The molecule has 0 saturated heterocycles. The fourth-order valence-electron chi connectivity index (χ4n) is 2.31. The number of imidazole rings is 1. The van der Waals surface area contributed by atoms with Gasteiger partial charge in [-0.1, -0.05) is 12.1 Å². The fraction of sp³-hybridized carbons (Fsp3) is 0.438. The predicted molar refractivity (Wildman–Crippen MR) is 77.0 cm³/mol. The highest BCUT2D eigenvalue weighted by atomic mass is 19.1. The molecule has 1 saturated carbocycles. The largest absolute Gasteiger partial charge is 0.344 e. The summed E-state index contributed by atoms with van der Waals surface area (Å²) in [5.41, 5.74) is 1.89. The van der Waals surface area contributed by atoms with Crippen LogP contribution in [0.15, 0.2) is 30.5 Å². The summed E-state index contributed by atoms with van der Waals surface area (Å²) in [6, 6.07) is 7.32. The lowest BCUT2D eigenvalue weighted by atomic mass is 9.84. The topological polar surface area (TPSA) is 40.7 Å². The number of H-pyrrole nitrogens is 1. The molecule has 0 atom stereocenters. The molecule has 0 spiro atoms. The van der Waals surface area contributed by atoms with E-state index in [1.165, 1.54) is 25.0 Å². The van der Waals surface area contributed by atoms with Gasteiger partial charge in [0.2, 0.25) is 0 Å². The minimum atomic E-state index is -0.258. The average Bonchev–Trinajstić information content (AvgIpc) is 3.13. The number of hydrogen-bond donors (Lipinski definition) is 2. The standard InChI is InChI=1S/C16H20FN3/c1-16(2,11-3-5-12(17)6-4-11)15-19-10-14(20-15)9-18-13-7-8-13/h3-6,10,13,18H,7-9H2,1-2H3,(H,19,20). The summed E-state index contributed by atoms with van der Waals surface area (Å²) in [7, 11) is 0. The molecule has 3 rings (SSSR count). The highest BCUT2D eigenvalue weighted by Crippen LogP contribution is 2.29. The van der Waals surface area contributed by atoms with E-state index >= 15 is 0 Å². The summed E-state index contributed by atoms with van der Waals surface area (Å²) in [6.45, 7) is 5.02. The van der Waals surface area contributed by atoms with E-state index in [1.807, 2.05) is 18.3 Å². The van der Waals surface area contributed by atoms with Crippen LogP contribution in [0.1, 0.15) is 43.8 Å². The van der Waals surface area contributed by atoms with Crippen LogP contribution in [0.3, 0.4) is 0 Å². The molecule has 2 aromatic rings. The molecule has 2 N–H and O–H groups in total. The van der Waals surface area contributed by atoms with Crippen LogP contribution < -0.4 is 5.32 Å². The molecule has 20 heavy (non-hydrogen) atoms.